The first-order valence-electron chi connectivity index (χ1n) is 6.79. The molecule has 1 aromatic rings. The van der Waals surface area contributed by atoms with Gasteiger partial charge in [0, 0.05) is 52.7 Å². The minimum absolute atomic E-state index is 0.167. The van der Waals surface area contributed by atoms with Crippen LogP contribution in [0.15, 0.2) is 12.1 Å². The molecule has 0 radical (unpaired) electrons. The highest BCUT2D eigenvalue weighted by atomic mass is 32.2. The minimum atomic E-state index is 0.167. The van der Waals surface area contributed by atoms with E-state index in [9.17, 15) is 4.79 Å². The molecule has 106 valence electrons. The molecule has 0 aromatic carbocycles. The molecule has 0 aliphatic carbocycles. The van der Waals surface area contributed by atoms with Crippen molar-refractivity contribution in [1.82, 2.24) is 10.6 Å². The van der Waals surface area contributed by atoms with Crippen LogP contribution in [0.1, 0.15) is 23.1 Å². The summed E-state index contributed by atoms with van der Waals surface area (Å²) in [6, 6.07) is 4.84. The van der Waals surface area contributed by atoms with Crippen LogP contribution in [0.25, 0.3) is 0 Å². The van der Waals surface area contributed by atoms with Crippen molar-refractivity contribution in [2.24, 2.45) is 0 Å². The van der Waals surface area contributed by atoms with Crippen molar-refractivity contribution in [2.45, 2.75) is 38.8 Å². The van der Waals surface area contributed by atoms with Crippen LogP contribution in [-0.4, -0.2) is 36.0 Å². The van der Waals surface area contributed by atoms with Crippen LogP contribution in [0, 0.1) is 6.92 Å². The average molecular weight is 298 g/mol. The summed E-state index contributed by atoms with van der Waals surface area (Å²) in [4.78, 5) is 14.6. The molecule has 0 spiro atoms. The number of hydrogen-bond acceptors (Lipinski definition) is 4. The fraction of sp³-hybridized carbons (Fsp3) is 0.643. The van der Waals surface area contributed by atoms with E-state index in [1.54, 1.807) is 0 Å². The maximum absolute atomic E-state index is 12.0. The number of amides is 1. The van der Waals surface area contributed by atoms with Gasteiger partial charge in [-0.2, -0.15) is 11.8 Å². The van der Waals surface area contributed by atoms with Crippen molar-refractivity contribution in [3.8, 4) is 0 Å². The van der Waals surface area contributed by atoms with Gasteiger partial charge in [-0.05, 0) is 26.0 Å². The number of nitrogens with one attached hydrogen (secondary N) is 2. The van der Waals surface area contributed by atoms with Gasteiger partial charge in [-0.25, -0.2) is 0 Å². The number of carbonyl (C=O) groups is 1. The van der Waals surface area contributed by atoms with Crippen molar-refractivity contribution < 1.29 is 4.79 Å². The van der Waals surface area contributed by atoms with Gasteiger partial charge in [0.05, 0.1) is 0 Å². The van der Waals surface area contributed by atoms with Crippen LogP contribution in [0.4, 0.5) is 0 Å². The van der Waals surface area contributed by atoms with Gasteiger partial charge in [0.2, 0.25) is 5.91 Å². The Hall–Kier alpha value is -0.520. The Kier molecular flexibility index (Phi) is 5.73. The van der Waals surface area contributed by atoms with Crippen LogP contribution in [0.5, 0.6) is 0 Å². The molecule has 1 aliphatic rings. The van der Waals surface area contributed by atoms with E-state index in [2.05, 4.69) is 36.6 Å². The third-order valence-electron chi connectivity index (χ3n) is 3.14. The molecule has 19 heavy (non-hydrogen) atoms. The van der Waals surface area contributed by atoms with Crippen LogP contribution in [0.3, 0.4) is 0 Å². The van der Waals surface area contributed by atoms with E-state index in [1.807, 2.05) is 23.1 Å². The van der Waals surface area contributed by atoms with Gasteiger partial charge in [0.25, 0.3) is 0 Å². The number of carbonyl (C=O) groups excluding carboxylic acids is 1. The largest absolute Gasteiger partial charge is 0.353 e. The average Bonchev–Trinajstić information content (AvgIpc) is 2.75. The van der Waals surface area contributed by atoms with E-state index >= 15 is 0 Å². The Balaban J connectivity index is 1.71. The molecule has 0 saturated carbocycles. The number of aryl methyl sites for hydroxylation is 1. The maximum Gasteiger partial charge on any atom is 0.221 e. The van der Waals surface area contributed by atoms with E-state index in [4.69, 9.17) is 0 Å². The van der Waals surface area contributed by atoms with E-state index in [1.165, 1.54) is 9.75 Å². The molecule has 0 bridgehead atoms. The highest BCUT2D eigenvalue weighted by molar-refractivity contribution is 7.99. The number of thiophene rings is 1. The van der Waals surface area contributed by atoms with E-state index in [0.717, 1.165) is 24.5 Å². The lowest BCUT2D eigenvalue weighted by Gasteiger charge is -2.23. The van der Waals surface area contributed by atoms with Gasteiger partial charge in [-0.3, -0.25) is 4.79 Å². The highest BCUT2D eigenvalue weighted by Crippen LogP contribution is 2.17. The van der Waals surface area contributed by atoms with E-state index in [-0.39, 0.29) is 11.9 Å². The van der Waals surface area contributed by atoms with Crippen molar-refractivity contribution >= 4 is 29.0 Å². The van der Waals surface area contributed by atoms with Crippen molar-refractivity contribution in [1.29, 1.82) is 0 Å². The molecule has 2 unspecified atom stereocenters. The molecular weight excluding hydrogens is 276 g/mol. The lowest BCUT2D eigenvalue weighted by atomic mass is 10.1. The smallest absolute Gasteiger partial charge is 0.221 e. The normalized spacial score (nSPS) is 21.1. The van der Waals surface area contributed by atoms with Crippen LogP contribution in [0.2, 0.25) is 0 Å². The van der Waals surface area contributed by atoms with Gasteiger partial charge < -0.3 is 10.6 Å². The lowest BCUT2D eigenvalue weighted by molar-refractivity contribution is -0.122. The first kappa shape index (κ1) is 14.9. The lowest BCUT2D eigenvalue weighted by Crippen LogP contribution is -2.43. The summed E-state index contributed by atoms with van der Waals surface area (Å²) in [5, 5.41) is 6.50. The molecule has 3 nitrogen and oxygen atoms in total. The summed E-state index contributed by atoms with van der Waals surface area (Å²) in [5.74, 6) is 2.37. The van der Waals surface area contributed by atoms with Crippen molar-refractivity contribution in [3.05, 3.63) is 21.9 Å². The molecule has 5 heteroatoms. The zero-order valence-electron chi connectivity index (χ0n) is 11.6. The van der Waals surface area contributed by atoms with Crippen LogP contribution in [-0.2, 0) is 11.2 Å². The summed E-state index contributed by atoms with van der Waals surface area (Å²) in [6.07, 6.45) is 1.53. The second-order valence-corrected chi connectivity index (χ2v) is 7.64. The quantitative estimate of drug-likeness (QED) is 0.875. The molecule has 1 amide bonds. The second kappa shape index (κ2) is 7.31. The standard InChI is InChI=1S/C14H22N2OS2/c1-10(7-13-4-3-11(2)19-13)16-14(17)8-12-9-18-6-5-15-12/h3-4,10,12,15H,5-9H2,1-2H3,(H,16,17). The number of thioether (sulfide) groups is 1. The monoisotopic (exact) mass is 298 g/mol. The predicted molar refractivity (Wildman–Crippen MR) is 84.1 cm³/mol. The topological polar surface area (TPSA) is 41.1 Å². The van der Waals surface area contributed by atoms with Gasteiger partial charge in [-0.15, -0.1) is 11.3 Å². The minimum Gasteiger partial charge on any atom is -0.353 e. The van der Waals surface area contributed by atoms with E-state index < -0.39 is 0 Å². The SMILES string of the molecule is Cc1ccc(CC(C)NC(=O)CC2CSCCN2)s1. The van der Waals surface area contributed by atoms with Gasteiger partial charge >= 0.3 is 0 Å². The Morgan fingerprint density at radius 2 is 2.42 bits per heavy atom. The first-order chi connectivity index (χ1) is 9.13. The summed E-state index contributed by atoms with van der Waals surface area (Å²) < 4.78 is 0. The maximum atomic E-state index is 12.0. The van der Waals surface area contributed by atoms with Gasteiger partial charge in [0.15, 0.2) is 0 Å². The Bertz CT molecular complexity index is 413. The van der Waals surface area contributed by atoms with E-state index in [0.29, 0.717) is 12.5 Å². The molecule has 2 N–H and O–H groups in total. The second-order valence-electron chi connectivity index (χ2n) is 5.12. The Labute approximate surface area is 123 Å². The number of hydrogen-bond donors (Lipinski definition) is 2. The molecule has 1 aromatic heterocycles. The summed E-state index contributed by atoms with van der Waals surface area (Å²) >= 11 is 3.74. The predicted octanol–water partition coefficient (Wildman–Crippen LogP) is 2.20. The molecule has 2 heterocycles. The summed E-state index contributed by atoms with van der Waals surface area (Å²) in [5.41, 5.74) is 0. The third kappa shape index (κ3) is 5.16. The van der Waals surface area contributed by atoms with Gasteiger partial charge in [0.1, 0.15) is 0 Å². The molecule has 1 aliphatic heterocycles. The molecular formula is C14H22N2OS2. The fourth-order valence-electron chi connectivity index (χ4n) is 2.26. The van der Waals surface area contributed by atoms with Crippen molar-refractivity contribution in [3.63, 3.8) is 0 Å². The fourth-order valence-corrected chi connectivity index (χ4v) is 4.22. The Morgan fingerprint density at radius 1 is 1.58 bits per heavy atom. The first-order valence-corrected chi connectivity index (χ1v) is 8.76. The van der Waals surface area contributed by atoms with Crippen LogP contribution >= 0.6 is 23.1 Å². The molecule has 1 fully saturated rings. The summed E-state index contributed by atoms with van der Waals surface area (Å²) in [7, 11) is 0. The molecule has 2 rings (SSSR count). The van der Waals surface area contributed by atoms with Crippen LogP contribution < -0.4 is 10.6 Å². The highest BCUT2D eigenvalue weighted by Gasteiger charge is 2.17. The zero-order valence-corrected chi connectivity index (χ0v) is 13.2. The molecule has 2 atom stereocenters. The summed E-state index contributed by atoms with van der Waals surface area (Å²) in [6.45, 7) is 5.21. The zero-order chi connectivity index (χ0) is 13.7. The third-order valence-corrected chi connectivity index (χ3v) is 5.29. The molecule has 1 saturated heterocycles. The number of rotatable bonds is 5. The Morgan fingerprint density at radius 3 is 3.05 bits per heavy atom. The van der Waals surface area contributed by atoms with Crippen molar-refractivity contribution in [2.75, 3.05) is 18.1 Å². The van der Waals surface area contributed by atoms with Gasteiger partial charge in [-0.1, -0.05) is 0 Å².